The fraction of sp³-hybridized carbons (Fsp3) is 0.250. The van der Waals surface area contributed by atoms with Crippen molar-refractivity contribution in [3.05, 3.63) is 65.1 Å². The zero-order chi connectivity index (χ0) is 21.7. The van der Waals surface area contributed by atoms with Crippen LogP contribution in [0.4, 0.5) is 4.79 Å². The highest BCUT2D eigenvalue weighted by molar-refractivity contribution is 5.84. The number of imidazole rings is 1. The third-order valence-electron chi connectivity index (χ3n) is 4.53. The van der Waals surface area contributed by atoms with Crippen LogP contribution >= 0.6 is 0 Å². The Morgan fingerprint density at radius 3 is 2.53 bits per heavy atom. The van der Waals surface area contributed by atoms with Crippen LogP contribution in [0.5, 0.6) is 5.75 Å². The number of benzene rings is 1. The predicted octanol–water partition coefficient (Wildman–Crippen LogP) is 0.994. The van der Waals surface area contributed by atoms with E-state index >= 15 is 0 Å². The van der Waals surface area contributed by atoms with Crippen LogP contribution in [0.2, 0.25) is 0 Å². The Morgan fingerprint density at radius 1 is 1.20 bits per heavy atom. The number of carbonyl (C=O) groups excluding carboxylic acids is 2. The van der Waals surface area contributed by atoms with Gasteiger partial charge in [-0.3, -0.25) is 9.36 Å². The number of rotatable bonds is 6. The number of nitrogens with zero attached hydrogens (tertiary/aromatic N) is 4. The average molecular weight is 411 g/mol. The van der Waals surface area contributed by atoms with E-state index in [-0.39, 0.29) is 12.0 Å². The lowest BCUT2D eigenvalue weighted by molar-refractivity contribution is -0.142. The molecule has 1 aromatic carbocycles. The molecule has 10 nitrogen and oxygen atoms in total. The molecule has 0 fully saturated rings. The van der Waals surface area contributed by atoms with Crippen molar-refractivity contribution >= 4 is 12.0 Å². The van der Waals surface area contributed by atoms with Gasteiger partial charge in [-0.15, -0.1) is 0 Å². The number of nitrogens with one attached hydrogen (secondary N) is 1. The topological polar surface area (TPSA) is 117 Å². The Hall–Kier alpha value is -3.95. The number of ether oxygens (including phenoxy) is 2. The van der Waals surface area contributed by atoms with E-state index in [9.17, 15) is 14.4 Å². The second-order valence-corrected chi connectivity index (χ2v) is 6.41. The molecule has 3 aromatic rings. The molecule has 0 aliphatic carbocycles. The summed E-state index contributed by atoms with van der Waals surface area (Å²) in [6.07, 6.45) is 5.95. The van der Waals surface area contributed by atoms with Gasteiger partial charge in [-0.2, -0.15) is 5.10 Å². The molecule has 0 saturated heterocycles. The molecule has 156 valence electrons. The highest BCUT2D eigenvalue weighted by Crippen LogP contribution is 2.25. The molecule has 1 N–H and O–H groups in total. The Morgan fingerprint density at radius 2 is 1.93 bits per heavy atom. The predicted molar refractivity (Wildman–Crippen MR) is 107 cm³/mol. The second kappa shape index (κ2) is 9.03. The van der Waals surface area contributed by atoms with E-state index in [2.05, 4.69) is 15.4 Å². The molecule has 0 saturated carbocycles. The number of aryl methyl sites for hydroxylation is 1. The maximum Gasteiger partial charge on any atom is 0.328 e. The zero-order valence-corrected chi connectivity index (χ0v) is 16.7. The van der Waals surface area contributed by atoms with Crippen molar-refractivity contribution in [1.29, 1.82) is 0 Å². The third-order valence-corrected chi connectivity index (χ3v) is 4.53. The van der Waals surface area contributed by atoms with Crippen molar-refractivity contribution < 1.29 is 19.1 Å². The highest BCUT2D eigenvalue weighted by Gasteiger charge is 2.23. The third kappa shape index (κ3) is 4.37. The Balaban J connectivity index is 1.83. The minimum absolute atomic E-state index is 0.207. The first kappa shape index (κ1) is 20.8. The maximum atomic E-state index is 12.5. The van der Waals surface area contributed by atoms with Gasteiger partial charge in [-0.1, -0.05) is 24.3 Å². The molecule has 0 aliphatic rings. The number of amides is 1. The summed E-state index contributed by atoms with van der Waals surface area (Å²) in [5.41, 5.74) is 1.52. The van der Waals surface area contributed by atoms with Crippen LogP contribution in [0, 0.1) is 0 Å². The summed E-state index contributed by atoms with van der Waals surface area (Å²) in [6.45, 7) is 0. The molecule has 30 heavy (non-hydrogen) atoms. The van der Waals surface area contributed by atoms with Gasteiger partial charge in [0.2, 0.25) is 0 Å². The molecular weight excluding hydrogens is 390 g/mol. The van der Waals surface area contributed by atoms with Crippen molar-refractivity contribution in [2.45, 2.75) is 12.5 Å². The first-order valence-electron chi connectivity index (χ1n) is 9.01. The Kier molecular flexibility index (Phi) is 6.26. The fourth-order valence-corrected chi connectivity index (χ4v) is 2.93. The summed E-state index contributed by atoms with van der Waals surface area (Å²) in [5, 5.41) is 6.58. The molecule has 0 aliphatic heterocycles. The number of hydrogen-bond donors (Lipinski definition) is 1. The molecule has 1 unspecified atom stereocenters. The standard InChI is InChI=1S/C20H21N5O5/c1-24-18(26)17(16(29-2)11-22-24)14-6-4-13(5-7-14)10-15(19(27)30-3)23-20(28)25-9-8-21-12-25/h4-9,11-12,15H,10H2,1-3H3,(H,23,28). The second-order valence-electron chi connectivity index (χ2n) is 6.41. The SMILES string of the molecule is COC(=O)C(Cc1ccc(-c2c(OC)cnn(C)c2=O)cc1)NC(=O)n1ccnc1. The van der Waals surface area contributed by atoms with Gasteiger partial charge in [0.15, 0.2) is 5.75 Å². The van der Waals surface area contributed by atoms with Crippen LogP contribution in [0.25, 0.3) is 11.1 Å². The van der Waals surface area contributed by atoms with Gasteiger partial charge in [-0.05, 0) is 11.1 Å². The Bertz CT molecular complexity index is 1090. The van der Waals surface area contributed by atoms with Crippen molar-refractivity contribution in [2.75, 3.05) is 14.2 Å². The molecular formula is C20H21N5O5. The van der Waals surface area contributed by atoms with Crippen LogP contribution in [-0.4, -0.2) is 51.6 Å². The summed E-state index contributed by atoms with van der Waals surface area (Å²) in [4.78, 5) is 40.7. The lowest BCUT2D eigenvalue weighted by Gasteiger charge is -2.17. The smallest absolute Gasteiger partial charge is 0.328 e. The Labute approximate surface area is 172 Å². The van der Waals surface area contributed by atoms with Crippen molar-refractivity contribution in [3.8, 4) is 16.9 Å². The average Bonchev–Trinajstić information content (AvgIpc) is 3.30. The minimum atomic E-state index is -0.890. The van der Waals surface area contributed by atoms with Gasteiger partial charge in [0.1, 0.15) is 12.4 Å². The van der Waals surface area contributed by atoms with Crippen LogP contribution in [0.15, 0.2) is 54.0 Å². The lowest BCUT2D eigenvalue weighted by atomic mass is 10.0. The van der Waals surface area contributed by atoms with Gasteiger partial charge < -0.3 is 14.8 Å². The van der Waals surface area contributed by atoms with Crippen LogP contribution in [0.3, 0.4) is 0 Å². The molecule has 0 spiro atoms. The maximum absolute atomic E-state index is 12.5. The number of aromatic nitrogens is 4. The van der Waals surface area contributed by atoms with Crippen LogP contribution in [0.1, 0.15) is 5.56 Å². The van der Waals surface area contributed by atoms with E-state index in [0.717, 1.165) is 5.56 Å². The van der Waals surface area contributed by atoms with Gasteiger partial charge in [-0.25, -0.2) is 19.3 Å². The van der Waals surface area contributed by atoms with Crippen LogP contribution < -0.4 is 15.6 Å². The highest BCUT2D eigenvalue weighted by atomic mass is 16.5. The van der Waals surface area contributed by atoms with E-state index < -0.39 is 18.0 Å². The van der Waals surface area contributed by atoms with Crippen molar-refractivity contribution in [3.63, 3.8) is 0 Å². The summed E-state index contributed by atoms with van der Waals surface area (Å²) in [5.74, 6) is -0.205. The van der Waals surface area contributed by atoms with Gasteiger partial charge in [0, 0.05) is 25.9 Å². The van der Waals surface area contributed by atoms with E-state index in [4.69, 9.17) is 9.47 Å². The van der Waals surface area contributed by atoms with E-state index in [0.29, 0.717) is 16.9 Å². The monoisotopic (exact) mass is 411 g/mol. The summed E-state index contributed by atoms with van der Waals surface area (Å²) in [7, 11) is 4.29. The number of esters is 1. The zero-order valence-electron chi connectivity index (χ0n) is 16.7. The van der Waals surface area contributed by atoms with Gasteiger partial charge in [0.25, 0.3) is 5.56 Å². The largest absolute Gasteiger partial charge is 0.494 e. The summed E-state index contributed by atoms with van der Waals surface area (Å²) >= 11 is 0. The van der Waals surface area contributed by atoms with E-state index in [1.165, 1.54) is 48.4 Å². The number of carbonyl (C=O) groups is 2. The van der Waals surface area contributed by atoms with E-state index in [1.54, 1.807) is 31.3 Å². The molecule has 1 atom stereocenters. The summed E-state index contributed by atoms with van der Waals surface area (Å²) < 4.78 is 12.5. The quantitative estimate of drug-likeness (QED) is 0.601. The number of hydrogen-bond acceptors (Lipinski definition) is 7. The molecule has 2 aromatic heterocycles. The summed E-state index contributed by atoms with van der Waals surface area (Å²) in [6, 6.07) is 5.66. The normalized spacial score (nSPS) is 11.6. The molecule has 0 bridgehead atoms. The molecule has 3 rings (SSSR count). The molecule has 2 heterocycles. The van der Waals surface area contributed by atoms with Crippen LogP contribution in [-0.2, 0) is 23.0 Å². The first-order chi connectivity index (χ1) is 14.4. The van der Waals surface area contributed by atoms with E-state index in [1.807, 2.05) is 0 Å². The fourth-order valence-electron chi connectivity index (χ4n) is 2.93. The van der Waals surface area contributed by atoms with Gasteiger partial charge in [0.05, 0.1) is 26.0 Å². The van der Waals surface area contributed by atoms with Crippen molar-refractivity contribution in [1.82, 2.24) is 24.6 Å². The first-order valence-corrected chi connectivity index (χ1v) is 9.01. The minimum Gasteiger partial charge on any atom is -0.494 e. The number of methoxy groups -OCH3 is 2. The lowest BCUT2D eigenvalue weighted by Crippen LogP contribution is -2.44. The van der Waals surface area contributed by atoms with Gasteiger partial charge >= 0.3 is 12.0 Å². The molecule has 0 radical (unpaired) electrons. The molecule has 1 amide bonds. The molecule has 10 heteroatoms. The van der Waals surface area contributed by atoms with Crippen molar-refractivity contribution in [2.24, 2.45) is 7.05 Å².